The lowest BCUT2D eigenvalue weighted by Crippen LogP contribution is -2.55. The van der Waals surface area contributed by atoms with E-state index in [9.17, 15) is 0 Å². The number of hydrogen-bond donors (Lipinski definition) is 0. The molecule has 24 heavy (non-hydrogen) atoms. The molecule has 0 aliphatic heterocycles. The molecule has 0 N–H and O–H groups in total. The van der Waals surface area contributed by atoms with Crippen molar-refractivity contribution in [3.63, 3.8) is 0 Å². The summed E-state index contributed by atoms with van der Waals surface area (Å²) in [5.74, 6) is 0. The van der Waals surface area contributed by atoms with E-state index in [-0.39, 0.29) is 0 Å². The lowest BCUT2D eigenvalue weighted by atomic mass is 9.44. The van der Waals surface area contributed by atoms with Crippen LogP contribution in [0, 0.1) is 5.41 Å². The van der Waals surface area contributed by atoms with Crippen LogP contribution in [0.3, 0.4) is 0 Å². The summed E-state index contributed by atoms with van der Waals surface area (Å²) >= 11 is 0. The molecule has 1 nitrogen and oxygen atoms in total. The van der Waals surface area contributed by atoms with Crippen molar-refractivity contribution in [1.82, 2.24) is 4.98 Å². The predicted molar refractivity (Wildman–Crippen MR) is 96.1 cm³/mol. The molecule has 1 heteroatoms. The first-order valence-electron chi connectivity index (χ1n) is 9.26. The number of benzene rings is 2. The van der Waals surface area contributed by atoms with Gasteiger partial charge in [-0.25, -0.2) is 4.98 Å². The average Bonchev–Trinajstić information content (AvgIpc) is 3.22. The van der Waals surface area contributed by atoms with Gasteiger partial charge in [-0.3, -0.25) is 0 Å². The highest BCUT2D eigenvalue weighted by molar-refractivity contribution is 5.87. The van der Waals surface area contributed by atoms with Crippen molar-refractivity contribution in [3.8, 4) is 11.3 Å². The van der Waals surface area contributed by atoms with Crippen molar-refractivity contribution in [1.29, 1.82) is 0 Å². The van der Waals surface area contributed by atoms with Crippen molar-refractivity contribution >= 4 is 10.9 Å². The van der Waals surface area contributed by atoms with Crippen LogP contribution in [0.15, 0.2) is 54.6 Å². The van der Waals surface area contributed by atoms with Gasteiger partial charge in [-0.15, -0.1) is 0 Å². The summed E-state index contributed by atoms with van der Waals surface area (Å²) in [6, 6.07) is 20.3. The molecule has 1 unspecified atom stereocenters. The Morgan fingerprint density at radius 2 is 1.54 bits per heavy atom. The zero-order valence-corrected chi connectivity index (χ0v) is 13.7. The number of aromatic nitrogens is 1. The van der Waals surface area contributed by atoms with Crippen molar-refractivity contribution in [2.45, 2.75) is 42.9 Å². The van der Waals surface area contributed by atoms with E-state index in [1.807, 2.05) is 0 Å². The van der Waals surface area contributed by atoms with Crippen LogP contribution in [-0.2, 0) is 10.8 Å². The first-order chi connectivity index (χ1) is 11.8. The summed E-state index contributed by atoms with van der Waals surface area (Å²) in [4.78, 5) is 5.18. The normalized spacial score (nSPS) is 36.8. The van der Waals surface area contributed by atoms with Crippen LogP contribution in [0.2, 0.25) is 0 Å². The highest BCUT2D eigenvalue weighted by Crippen LogP contribution is 2.85. The lowest BCUT2D eigenvalue weighted by Gasteiger charge is -2.59. The fourth-order valence-electron chi connectivity index (χ4n) is 7.30. The van der Waals surface area contributed by atoms with Crippen LogP contribution < -0.4 is 0 Å². The van der Waals surface area contributed by atoms with E-state index in [1.54, 1.807) is 11.1 Å². The van der Waals surface area contributed by atoms with Crippen molar-refractivity contribution in [3.05, 3.63) is 65.7 Å². The maximum atomic E-state index is 5.18. The third kappa shape index (κ3) is 1.05. The maximum Gasteiger partial charge on any atom is 0.0750 e. The Morgan fingerprint density at radius 1 is 0.750 bits per heavy atom. The number of pyridine rings is 1. The molecule has 2 aromatic carbocycles. The minimum atomic E-state index is 0.369. The molecule has 4 saturated carbocycles. The van der Waals surface area contributed by atoms with Crippen LogP contribution in [0.5, 0.6) is 0 Å². The third-order valence-electron chi connectivity index (χ3n) is 7.97. The van der Waals surface area contributed by atoms with Gasteiger partial charge >= 0.3 is 0 Å². The molecule has 5 aliphatic carbocycles. The van der Waals surface area contributed by atoms with E-state index in [4.69, 9.17) is 4.98 Å². The SMILES string of the molecule is c1ccc2c(c1)-c1nc3ccccc3cc1C13CCC4(CC21C4)C3. The molecule has 1 atom stereocenters. The van der Waals surface area contributed by atoms with Crippen molar-refractivity contribution < 1.29 is 0 Å². The number of fused-ring (bicyclic) bond motifs is 4. The molecule has 1 heterocycles. The van der Waals surface area contributed by atoms with Crippen LogP contribution in [0.25, 0.3) is 22.2 Å². The largest absolute Gasteiger partial charge is 0.247 e. The monoisotopic (exact) mass is 309 g/mol. The fraction of sp³-hybridized carbons (Fsp3) is 0.348. The number of hydrogen-bond acceptors (Lipinski definition) is 1. The van der Waals surface area contributed by atoms with Gasteiger partial charge in [0.25, 0.3) is 0 Å². The fourth-order valence-corrected chi connectivity index (χ4v) is 7.30. The van der Waals surface area contributed by atoms with Crippen molar-refractivity contribution in [2.75, 3.05) is 0 Å². The highest BCUT2D eigenvalue weighted by atomic mass is 14.8. The molecule has 0 radical (unpaired) electrons. The second-order valence-corrected chi connectivity index (χ2v) is 8.82. The molecule has 4 fully saturated rings. The van der Waals surface area contributed by atoms with Gasteiger partial charge in [0.2, 0.25) is 0 Å². The maximum absolute atomic E-state index is 5.18. The van der Waals surface area contributed by atoms with E-state index in [1.165, 1.54) is 48.7 Å². The van der Waals surface area contributed by atoms with Gasteiger partial charge in [-0.1, -0.05) is 42.5 Å². The topological polar surface area (TPSA) is 12.9 Å². The van der Waals surface area contributed by atoms with Crippen LogP contribution in [0.1, 0.15) is 43.2 Å². The molecule has 0 amide bonds. The summed E-state index contributed by atoms with van der Waals surface area (Å²) in [5.41, 5.74) is 8.43. The lowest BCUT2D eigenvalue weighted by molar-refractivity contribution is 0.0366. The molecule has 0 saturated heterocycles. The Morgan fingerprint density at radius 3 is 2.46 bits per heavy atom. The molecule has 5 aliphatic rings. The van der Waals surface area contributed by atoms with Crippen molar-refractivity contribution in [2.24, 2.45) is 5.41 Å². The van der Waals surface area contributed by atoms with Gasteiger partial charge in [0.1, 0.15) is 0 Å². The van der Waals surface area contributed by atoms with Gasteiger partial charge in [0.05, 0.1) is 11.2 Å². The molecule has 3 bridgehead atoms. The van der Waals surface area contributed by atoms with E-state index < -0.39 is 0 Å². The Hall–Kier alpha value is -2.15. The predicted octanol–water partition coefficient (Wildman–Crippen LogP) is 5.37. The molecular weight excluding hydrogens is 290 g/mol. The minimum Gasteiger partial charge on any atom is -0.247 e. The Kier molecular flexibility index (Phi) is 1.76. The van der Waals surface area contributed by atoms with Crippen LogP contribution >= 0.6 is 0 Å². The summed E-state index contributed by atoms with van der Waals surface area (Å²) in [6.45, 7) is 0. The van der Waals surface area contributed by atoms with E-state index in [0.717, 1.165) is 5.52 Å². The average molecular weight is 309 g/mol. The summed E-state index contributed by atoms with van der Waals surface area (Å²) in [7, 11) is 0. The Bertz CT molecular complexity index is 1060. The molecule has 3 aromatic rings. The first kappa shape index (κ1) is 12.2. The van der Waals surface area contributed by atoms with Gasteiger partial charge in [0, 0.05) is 21.8 Å². The number of nitrogens with zero attached hydrogens (tertiary/aromatic N) is 1. The number of para-hydroxylation sites is 1. The van der Waals surface area contributed by atoms with Gasteiger partial charge in [-0.05, 0) is 60.8 Å². The van der Waals surface area contributed by atoms with Crippen LogP contribution in [-0.4, -0.2) is 4.98 Å². The molecule has 116 valence electrons. The molecule has 3 spiro atoms. The van der Waals surface area contributed by atoms with E-state index in [0.29, 0.717) is 16.2 Å². The van der Waals surface area contributed by atoms with E-state index in [2.05, 4.69) is 54.6 Å². The first-order valence-corrected chi connectivity index (χ1v) is 9.26. The zero-order valence-electron chi connectivity index (χ0n) is 13.7. The summed E-state index contributed by atoms with van der Waals surface area (Å²) < 4.78 is 0. The smallest absolute Gasteiger partial charge is 0.0750 e. The molecule has 1 aromatic heterocycles. The van der Waals surface area contributed by atoms with Gasteiger partial charge in [-0.2, -0.15) is 0 Å². The second-order valence-electron chi connectivity index (χ2n) is 8.82. The van der Waals surface area contributed by atoms with Gasteiger partial charge < -0.3 is 0 Å². The Labute approximate surface area is 141 Å². The zero-order chi connectivity index (χ0) is 15.6. The summed E-state index contributed by atoms with van der Waals surface area (Å²) in [5, 5.41) is 1.31. The van der Waals surface area contributed by atoms with E-state index >= 15 is 0 Å². The number of rotatable bonds is 0. The summed E-state index contributed by atoms with van der Waals surface area (Å²) in [6.07, 6.45) is 7.05. The molecule has 8 rings (SSSR count). The van der Waals surface area contributed by atoms with Crippen LogP contribution in [0.4, 0.5) is 0 Å². The quantitative estimate of drug-likeness (QED) is 0.544. The second kappa shape index (κ2) is 3.44. The Balaban J connectivity index is 1.67. The highest BCUT2D eigenvalue weighted by Gasteiger charge is 2.79. The third-order valence-corrected chi connectivity index (χ3v) is 7.97. The molecular formula is C23H19N. The standard InChI is InChI=1S/C23H19N/c1-4-8-19-15(5-1)11-18-20(24-19)16-6-2-3-7-17(16)23-13-21(14-23)9-10-22(18,23)12-21/h1-8,11H,9-10,12-14H2. The minimum absolute atomic E-state index is 0.369. The van der Waals surface area contributed by atoms with Gasteiger partial charge in [0.15, 0.2) is 0 Å².